The van der Waals surface area contributed by atoms with Gasteiger partial charge in [-0.3, -0.25) is 4.68 Å². The quantitative estimate of drug-likeness (QED) is 0.928. The molecule has 6 nitrogen and oxygen atoms in total. The second kappa shape index (κ2) is 6.10. The molecule has 0 saturated carbocycles. The molecule has 1 N–H and O–H groups in total. The number of anilines is 1. The molecule has 0 atom stereocenters. The van der Waals surface area contributed by atoms with E-state index in [0.29, 0.717) is 6.54 Å². The number of methoxy groups -OCH3 is 1. The van der Waals surface area contributed by atoms with Crippen molar-refractivity contribution < 1.29 is 9.53 Å². The third-order valence-corrected chi connectivity index (χ3v) is 2.87. The molecule has 0 spiro atoms. The number of amides is 2. The lowest BCUT2D eigenvalue weighted by atomic mass is 10.3. The Morgan fingerprint density at radius 3 is 2.65 bits per heavy atom. The number of rotatable bonds is 4. The zero-order chi connectivity index (χ0) is 14.5. The fourth-order valence-corrected chi connectivity index (χ4v) is 1.79. The van der Waals surface area contributed by atoms with E-state index in [4.69, 9.17) is 4.74 Å². The summed E-state index contributed by atoms with van der Waals surface area (Å²) in [6.45, 7) is 0.510. The number of carbonyl (C=O) groups is 1. The molecular weight excluding hydrogens is 256 g/mol. The van der Waals surface area contributed by atoms with Crippen molar-refractivity contribution >= 4 is 11.7 Å². The Balaban J connectivity index is 1.93. The predicted molar refractivity (Wildman–Crippen MR) is 76.7 cm³/mol. The Labute approximate surface area is 118 Å². The maximum absolute atomic E-state index is 12.0. The summed E-state index contributed by atoms with van der Waals surface area (Å²) in [5, 5.41) is 6.90. The van der Waals surface area contributed by atoms with Crippen LogP contribution in [0.3, 0.4) is 0 Å². The van der Waals surface area contributed by atoms with Crippen molar-refractivity contribution in [2.24, 2.45) is 7.05 Å². The summed E-state index contributed by atoms with van der Waals surface area (Å²) < 4.78 is 6.78. The summed E-state index contributed by atoms with van der Waals surface area (Å²) in [7, 11) is 5.20. The Bertz CT molecular complexity index is 577. The molecule has 6 heteroatoms. The van der Waals surface area contributed by atoms with Crippen LogP contribution >= 0.6 is 0 Å². The van der Waals surface area contributed by atoms with Crippen LogP contribution in [0.5, 0.6) is 5.75 Å². The Kier molecular flexibility index (Phi) is 4.24. The molecule has 1 heterocycles. The van der Waals surface area contributed by atoms with E-state index in [1.807, 2.05) is 13.2 Å². The molecule has 0 aliphatic carbocycles. The summed E-state index contributed by atoms with van der Waals surface area (Å²) in [5.74, 6) is 0.756. The van der Waals surface area contributed by atoms with Crippen molar-refractivity contribution in [1.29, 1.82) is 0 Å². The molecule has 2 aromatic rings. The molecule has 0 saturated heterocycles. The molecule has 0 aliphatic rings. The minimum Gasteiger partial charge on any atom is -0.497 e. The van der Waals surface area contributed by atoms with E-state index in [2.05, 4.69) is 10.4 Å². The first-order valence-electron chi connectivity index (χ1n) is 6.22. The van der Waals surface area contributed by atoms with Gasteiger partial charge < -0.3 is 15.0 Å². The number of urea groups is 1. The second-order valence-corrected chi connectivity index (χ2v) is 4.54. The highest BCUT2D eigenvalue weighted by Gasteiger charge is 2.10. The molecule has 0 bridgehead atoms. The van der Waals surface area contributed by atoms with Crippen LogP contribution in [-0.2, 0) is 13.6 Å². The van der Waals surface area contributed by atoms with E-state index >= 15 is 0 Å². The summed E-state index contributed by atoms with van der Waals surface area (Å²) in [6, 6.07) is 7.04. The Morgan fingerprint density at radius 1 is 1.40 bits per heavy atom. The Hall–Kier alpha value is -2.50. The van der Waals surface area contributed by atoms with Gasteiger partial charge in [0.25, 0.3) is 0 Å². The number of nitrogens with zero attached hydrogens (tertiary/aromatic N) is 3. The molecule has 0 unspecified atom stereocenters. The van der Waals surface area contributed by atoms with Crippen LogP contribution in [0.4, 0.5) is 10.5 Å². The first-order chi connectivity index (χ1) is 9.58. The second-order valence-electron chi connectivity index (χ2n) is 4.54. The fourth-order valence-electron chi connectivity index (χ4n) is 1.79. The molecule has 106 valence electrons. The molecule has 2 amide bonds. The van der Waals surface area contributed by atoms with Crippen LogP contribution in [0.25, 0.3) is 0 Å². The molecule has 1 aromatic carbocycles. The third kappa shape index (κ3) is 3.50. The van der Waals surface area contributed by atoms with Crippen molar-refractivity contribution in [2.45, 2.75) is 6.54 Å². The Morgan fingerprint density at radius 2 is 2.10 bits per heavy atom. The highest BCUT2D eigenvalue weighted by atomic mass is 16.5. The summed E-state index contributed by atoms with van der Waals surface area (Å²) in [5.41, 5.74) is 1.72. The van der Waals surface area contributed by atoms with Gasteiger partial charge in [-0.1, -0.05) is 0 Å². The highest BCUT2D eigenvalue weighted by molar-refractivity contribution is 5.89. The van der Waals surface area contributed by atoms with Crippen LogP contribution < -0.4 is 10.1 Å². The van der Waals surface area contributed by atoms with E-state index < -0.39 is 0 Å². The molecule has 0 fully saturated rings. The average molecular weight is 274 g/mol. The number of benzene rings is 1. The molecule has 20 heavy (non-hydrogen) atoms. The van der Waals surface area contributed by atoms with Gasteiger partial charge in [0.15, 0.2) is 0 Å². The van der Waals surface area contributed by atoms with Gasteiger partial charge in [-0.25, -0.2) is 4.79 Å². The third-order valence-electron chi connectivity index (χ3n) is 2.87. The zero-order valence-corrected chi connectivity index (χ0v) is 11.8. The fraction of sp³-hybridized carbons (Fsp3) is 0.286. The first-order valence-corrected chi connectivity index (χ1v) is 6.22. The van der Waals surface area contributed by atoms with E-state index in [1.54, 1.807) is 54.2 Å². The van der Waals surface area contributed by atoms with Crippen LogP contribution in [0, 0.1) is 0 Å². The number of nitrogens with one attached hydrogen (secondary N) is 1. The zero-order valence-electron chi connectivity index (χ0n) is 11.8. The molecule has 0 radical (unpaired) electrons. The van der Waals surface area contributed by atoms with E-state index in [0.717, 1.165) is 17.0 Å². The van der Waals surface area contributed by atoms with Crippen molar-refractivity contribution in [1.82, 2.24) is 14.7 Å². The lowest BCUT2D eigenvalue weighted by molar-refractivity contribution is 0.220. The SMILES string of the molecule is COc1ccc(NC(=O)N(C)Cc2cnn(C)c2)cc1. The number of hydrogen-bond acceptors (Lipinski definition) is 3. The minimum atomic E-state index is -0.168. The molecule has 2 rings (SSSR count). The van der Waals surface area contributed by atoms with Gasteiger partial charge in [0.1, 0.15) is 5.75 Å². The molecular formula is C14H18N4O2. The number of aryl methyl sites for hydroxylation is 1. The lowest BCUT2D eigenvalue weighted by Crippen LogP contribution is -2.30. The van der Waals surface area contributed by atoms with Crippen LogP contribution in [0.2, 0.25) is 0 Å². The van der Waals surface area contributed by atoms with E-state index in [9.17, 15) is 4.79 Å². The first kappa shape index (κ1) is 13.9. The summed E-state index contributed by atoms with van der Waals surface area (Å²) in [6.07, 6.45) is 3.63. The van der Waals surface area contributed by atoms with Gasteiger partial charge in [-0.15, -0.1) is 0 Å². The van der Waals surface area contributed by atoms with Gasteiger partial charge in [0, 0.05) is 31.5 Å². The largest absolute Gasteiger partial charge is 0.497 e. The van der Waals surface area contributed by atoms with Gasteiger partial charge in [-0.2, -0.15) is 5.10 Å². The van der Waals surface area contributed by atoms with Gasteiger partial charge in [0.2, 0.25) is 0 Å². The minimum absolute atomic E-state index is 0.168. The van der Waals surface area contributed by atoms with Crippen molar-refractivity contribution in [3.63, 3.8) is 0 Å². The van der Waals surface area contributed by atoms with Crippen molar-refractivity contribution in [3.8, 4) is 5.75 Å². The van der Waals surface area contributed by atoms with Crippen LogP contribution in [0.1, 0.15) is 5.56 Å². The van der Waals surface area contributed by atoms with E-state index in [-0.39, 0.29) is 6.03 Å². The maximum Gasteiger partial charge on any atom is 0.321 e. The predicted octanol–water partition coefficient (Wildman–Crippen LogP) is 2.09. The summed E-state index contributed by atoms with van der Waals surface area (Å²) in [4.78, 5) is 13.6. The van der Waals surface area contributed by atoms with Crippen LogP contribution in [-0.4, -0.2) is 34.9 Å². The smallest absolute Gasteiger partial charge is 0.321 e. The lowest BCUT2D eigenvalue weighted by Gasteiger charge is -2.17. The highest BCUT2D eigenvalue weighted by Crippen LogP contribution is 2.15. The number of hydrogen-bond donors (Lipinski definition) is 1. The van der Waals surface area contributed by atoms with Gasteiger partial charge >= 0.3 is 6.03 Å². The number of aromatic nitrogens is 2. The average Bonchev–Trinajstić information content (AvgIpc) is 2.85. The number of carbonyl (C=O) groups excluding carboxylic acids is 1. The van der Waals surface area contributed by atoms with E-state index in [1.165, 1.54) is 0 Å². The monoisotopic (exact) mass is 274 g/mol. The molecule has 0 aliphatic heterocycles. The van der Waals surface area contributed by atoms with Crippen molar-refractivity contribution in [3.05, 3.63) is 42.2 Å². The normalized spacial score (nSPS) is 10.2. The molecule has 1 aromatic heterocycles. The van der Waals surface area contributed by atoms with Crippen molar-refractivity contribution in [2.75, 3.05) is 19.5 Å². The number of ether oxygens (including phenoxy) is 1. The van der Waals surface area contributed by atoms with Gasteiger partial charge in [0.05, 0.1) is 19.9 Å². The standard InChI is InChI=1S/C14H18N4O2/c1-17(9-11-8-15-18(2)10-11)14(19)16-12-4-6-13(20-3)7-5-12/h4-8,10H,9H2,1-3H3,(H,16,19). The topological polar surface area (TPSA) is 59.4 Å². The summed E-state index contributed by atoms with van der Waals surface area (Å²) >= 11 is 0. The van der Waals surface area contributed by atoms with Crippen LogP contribution in [0.15, 0.2) is 36.7 Å². The maximum atomic E-state index is 12.0. The van der Waals surface area contributed by atoms with Gasteiger partial charge in [-0.05, 0) is 24.3 Å².